The summed E-state index contributed by atoms with van der Waals surface area (Å²) < 4.78 is 6.94. The smallest absolute Gasteiger partial charge is 0.267 e. The summed E-state index contributed by atoms with van der Waals surface area (Å²) in [7, 11) is 0. The molecule has 0 aliphatic carbocycles. The molecule has 1 heterocycles. The number of benzene rings is 1. The quantitative estimate of drug-likeness (QED) is 0.846. The Kier molecular flexibility index (Phi) is 3.85. The Hall–Kier alpha value is -2.30. The standard InChI is InChI=1S/C14H17N3O2/c1-3-19-13-6-5-12(15)8-11(13)9-17-14(18)7-4-10(2)16-17/h4-8H,3,9,15H2,1-2H3. The predicted octanol–water partition coefficient (Wildman–Crippen LogP) is 1.58. The van der Waals surface area contributed by atoms with Crippen molar-refractivity contribution in [1.29, 1.82) is 0 Å². The van der Waals surface area contributed by atoms with Crippen LogP contribution in [0.25, 0.3) is 0 Å². The van der Waals surface area contributed by atoms with E-state index >= 15 is 0 Å². The SMILES string of the molecule is CCOc1ccc(N)cc1Cn1nc(C)ccc1=O. The van der Waals surface area contributed by atoms with Crippen molar-refractivity contribution in [2.75, 3.05) is 12.3 Å². The molecule has 0 aliphatic heterocycles. The molecular weight excluding hydrogens is 242 g/mol. The summed E-state index contributed by atoms with van der Waals surface area (Å²) in [5.74, 6) is 0.729. The number of hydrogen-bond donors (Lipinski definition) is 1. The van der Waals surface area contributed by atoms with Crippen molar-refractivity contribution in [3.8, 4) is 5.75 Å². The zero-order valence-electron chi connectivity index (χ0n) is 11.1. The second-order valence-electron chi connectivity index (χ2n) is 4.27. The van der Waals surface area contributed by atoms with Gasteiger partial charge in [0, 0.05) is 17.3 Å². The Morgan fingerprint density at radius 1 is 1.32 bits per heavy atom. The number of hydrogen-bond acceptors (Lipinski definition) is 4. The van der Waals surface area contributed by atoms with Gasteiger partial charge in [0.2, 0.25) is 0 Å². The van der Waals surface area contributed by atoms with E-state index in [4.69, 9.17) is 10.5 Å². The van der Waals surface area contributed by atoms with E-state index in [0.717, 1.165) is 17.0 Å². The first-order valence-corrected chi connectivity index (χ1v) is 6.16. The first-order valence-electron chi connectivity index (χ1n) is 6.16. The largest absolute Gasteiger partial charge is 0.494 e. The van der Waals surface area contributed by atoms with Crippen LogP contribution in [0.3, 0.4) is 0 Å². The minimum Gasteiger partial charge on any atom is -0.494 e. The zero-order valence-corrected chi connectivity index (χ0v) is 11.1. The van der Waals surface area contributed by atoms with Gasteiger partial charge >= 0.3 is 0 Å². The molecule has 2 N–H and O–H groups in total. The molecule has 0 amide bonds. The highest BCUT2D eigenvalue weighted by Crippen LogP contribution is 2.21. The van der Waals surface area contributed by atoms with E-state index in [1.54, 1.807) is 18.2 Å². The van der Waals surface area contributed by atoms with Gasteiger partial charge in [0.05, 0.1) is 18.8 Å². The monoisotopic (exact) mass is 259 g/mol. The fourth-order valence-corrected chi connectivity index (χ4v) is 1.84. The van der Waals surface area contributed by atoms with E-state index in [-0.39, 0.29) is 5.56 Å². The number of aromatic nitrogens is 2. The third-order valence-electron chi connectivity index (χ3n) is 2.70. The Labute approximate surface area is 111 Å². The lowest BCUT2D eigenvalue weighted by molar-refractivity contribution is 0.335. The fraction of sp³-hybridized carbons (Fsp3) is 0.286. The lowest BCUT2D eigenvalue weighted by Gasteiger charge is -2.12. The summed E-state index contributed by atoms with van der Waals surface area (Å²) in [6.45, 7) is 4.67. The van der Waals surface area contributed by atoms with E-state index in [9.17, 15) is 4.79 Å². The molecule has 1 aromatic carbocycles. The fourth-order valence-electron chi connectivity index (χ4n) is 1.84. The highest BCUT2D eigenvalue weighted by atomic mass is 16.5. The highest BCUT2D eigenvalue weighted by Gasteiger charge is 2.07. The highest BCUT2D eigenvalue weighted by molar-refractivity contribution is 5.47. The van der Waals surface area contributed by atoms with E-state index in [1.807, 2.05) is 19.9 Å². The Morgan fingerprint density at radius 3 is 2.84 bits per heavy atom. The molecule has 2 aromatic rings. The Bertz CT molecular complexity index is 635. The molecule has 2 rings (SSSR count). The van der Waals surface area contributed by atoms with Gasteiger partial charge in [0.25, 0.3) is 5.56 Å². The van der Waals surface area contributed by atoms with Crippen molar-refractivity contribution in [1.82, 2.24) is 9.78 Å². The summed E-state index contributed by atoms with van der Waals surface area (Å²) in [6.07, 6.45) is 0. The predicted molar refractivity (Wildman–Crippen MR) is 74.4 cm³/mol. The van der Waals surface area contributed by atoms with Crippen LogP contribution in [0.4, 0.5) is 5.69 Å². The normalized spacial score (nSPS) is 10.4. The van der Waals surface area contributed by atoms with Gasteiger partial charge in [-0.15, -0.1) is 0 Å². The molecule has 0 aliphatic rings. The number of ether oxygens (including phenoxy) is 1. The summed E-state index contributed by atoms with van der Waals surface area (Å²) in [5, 5.41) is 4.21. The first-order chi connectivity index (χ1) is 9.10. The number of anilines is 1. The maximum atomic E-state index is 11.8. The molecule has 0 bridgehead atoms. The third kappa shape index (κ3) is 3.13. The number of nitrogens with two attached hydrogens (primary N) is 1. The van der Waals surface area contributed by atoms with Gasteiger partial charge in [-0.2, -0.15) is 5.10 Å². The van der Waals surface area contributed by atoms with Crippen LogP contribution in [0.15, 0.2) is 35.1 Å². The van der Waals surface area contributed by atoms with Crippen LogP contribution in [0.1, 0.15) is 18.2 Å². The minimum absolute atomic E-state index is 0.143. The molecule has 0 fully saturated rings. The van der Waals surface area contributed by atoms with Crippen LogP contribution in [-0.2, 0) is 6.54 Å². The lowest BCUT2D eigenvalue weighted by Crippen LogP contribution is -2.23. The number of aryl methyl sites for hydroxylation is 1. The van der Waals surface area contributed by atoms with Crippen LogP contribution in [0.5, 0.6) is 5.75 Å². The maximum Gasteiger partial charge on any atom is 0.267 e. The summed E-state index contributed by atoms with van der Waals surface area (Å²) in [5.41, 5.74) is 7.92. The number of nitrogens with zero attached hydrogens (tertiary/aromatic N) is 2. The zero-order chi connectivity index (χ0) is 13.8. The second-order valence-corrected chi connectivity index (χ2v) is 4.27. The third-order valence-corrected chi connectivity index (χ3v) is 2.70. The summed E-state index contributed by atoms with van der Waals surface area (Å²) >= 11 is 0. The van der Waals surface area contributed by atoms with Gasteiger partial charge in [0.15, 0.2) is 0 Å². The summed E-state index contributed by atoms with van der Waals surface area (Å²) in [6, 6.07) is 8.61. The number of nitrogen functional groups attached to an aromatic ring is 1. The van der Waals surface area contributed by atoms with Gasteiger partial charge in [-0.05, 0) is 38.1 Å². The average Bonchev–Trinajstić information content (AvgIpc) is 2.37. The van der Waals surface area contributed by atoms with Crippen molar-refractivity contribution in [2.24, 2.45) is 0 Å². The van der Waals surface area contributed by atoms with Gasteiger partial charge in [0.1, 0.15) is 5.75 Å². The molecule has 0 radical (unpaired) electrons. The van der Waals surface area contributed by atoms with E-state index in [0.29, 0.717) is 18.8 Å². The lowest BCUT2D eigenvalue weighted by atomic mass is 10.1. The second kappa shape index (κ2) is 5.56. The van der Waals surface area contributed by atoms with E-state index < -0.39 is 0 Å². The molecule has 0 atom stereocenters. The van der Waals surface area contributed by atoms with Crippen LogP contribution in [0.2, 0.25) is 0 Å². The van der Waals surface area contributed by atoms with Gasteiger partial charge in [-0.3, -0.25) is 4.79 Å². The molecule has 0 unspecified atom stereocenters. The topological polar surface area (TPSA) is 70.1 Å². The average molecular weight is 259 g/mol. The molecule has 1 aromatic heterocycles. The molecule has 0 saturated heterocycles. The van der Waals surface area contributed by atoms with Crippen molar-refractivity contribution in [3.63, 3.8) is 0 Å². The Morgan fingerprint density at radius 2 is 2.11 bits per heavy atom. The van der Waals surface area contributed by atoms with Crippen LogP contribution >= 0.6 is 0 Å². The molecular formula is C14H17N3O2. The van der Waals surface area contributed by atoms with Crippen LogP contribution in [0, 0.1) is 6.92 Å². The van der Waals surface area contributed by atoms with E-state index in [2.05, 4.69) is 5.10 Å². The maximum absolute atomic E-state index is 11.8. The van der Waals surface area contributed by atoms with E-state index in [1.165, 1.54) is 10.7 Å². The van der Waals surface area contributed by atoms with Gasteiger partial charge in [-0.1, -0.05) is 0 Å². The number of rotatable bonds is 4. The molecule has 5 nitrogen and oxygen atoms in total. The van der Waals surface area contributed by atoms with Crippen LogP contribution in [-0.4, -0.2) is 16.4 Å². The Balaban J connectivity index is 2.39. The van der Waals surface area contributed by atoms with Crippen molar-refractivity contribution >= 4 is 5.69 Å². The summed E-state index contributed by atoms with van der Waals surface area (Å²) in [4.78, 5) is 11.8. The van der Waals surface area contributed by atoms with Gasteiger partial charge < -0.3 is 10.5 Å². The first kappa shape index (κ1) is 13.1. The minimum atomic E-state index is -0.143. The van der Waals surface area contributed by atoms with Gasteiger partial charge in [-0.25, -0.2) is 4.68 Å². The van der Waals surface area contributed by atoms with Crippen molar-refractivity contribution < 1.29 is 4.74 Å². The molecule has 5 heteroatoms. The molecule has 0 saturated carbocycles. The molecule has 19 heavy (non-hydrogen) atoms. The molecule has 100 valence electrons. The van der Waals surface area contributed by atoms with Crippen molar-refractivity contribution in [2.45, 2.75) is 20.4 Å². The van der Waals surface area contributed by atoms with Crippen LogP contribution < -0.4 is 16.0 Å². The van der Waals surface area contributed by atoms with Crippen molar-refractivity contribution in [3.05, 3.63) is 51.9 Å². The molecule has 0 spiro atoms.